The summed E-state index contributed by atoms with van der Waals surface area (Å²) in [7, 11) is 1.16. The highest BCUT2D eigenvalue weighted by Gasteiger charge is 2.37. The van der Waals surface area contributed by atoms with Crippen molar-refractivity contribution in [3.05, 3.63) is 89.0 Å². The molecule has 0 heterocycles. The maximum atomic E-state index is 13.0. The van der Waals surface area contributed by atoms with Crippen LogP contribution in [0.15, 0.2) is 66.7 Å². The van der Waals surface area contributed by atoms with Crippen molar-refractivity contribution in [1.82, 2.24) is 0 Å². The highest BCUT2D eigenvalue weighted by atomic mass is 28.4. The summed E-state index contributed by atoms with van der Waals surface area (Å²) in [5, 5.41) is 0.0842. The molecule has 188 valence electrons. The van der Waals surface area contributed by atoms with Gasteiger partial charge >= 0.3 is 5.97 Å². The fraction of sp³-hybridized carbons (Fsp3) is 0.300. The zero-order valence-corrected chi connectivity index (χ0v) is 23.1. The van der Waals surface area contributed by atoms with Gasteiger partial charge in [0.1, 0.15) is 5.75 Å². The molecule has 0 aliphatic rings. The molecule has 0 aliphatic heterocycles. The van der Waals surface area contributed by atoms with Crippen LogP contribution in [-0.4, -0.2) is 28.5 Å². The second-order valence-corrected chi connectivity index (χ2v) is 14.8. The minimum absolute atomic E-state index is 0.0842. The maximum absolute atomic E-state index is 13.0. The van der Waals surface area contributed by atoms with Crippen LogP contribution in [0.5, 0.6) is 17.2 Å². The van der Waals surface area contributed by atoms with Crippen molar-refractivity contribution in [1.29, 1.82) is 0 Å². The van der Waals surface area contributed by atoms with E-state index in [4.69, 9.17) is 18.6 Å². The standard InChI is InChI=1S/C30H34O5Si/c1-30(2,3)36(6,7)34-21-23-19-25(14-13-22-11-9-8-10-12-22)28(27(20-23)33-5)35-29(31)24-15-17-26(32-4)18-16-24/h8-12,15-20H,21H2,1-7H3. The van der Waals surface area contributed by atoms with Gasteiger partial charge in [-0.25, -0.2) is 4.79 Å². The molecule has 5 nitrogen and oxygen atoms in total. The molecule has 0 N–H and O–H groups in total. The lowest BCUT2D eigenvalue weighted by Gasteiger charge is -2.36. The third-order valence-electron chi connectivity index (χ3n) is 6.38. The van der Waals surface area contributed by atoms with E-state index >= 15 is 0 Å². The molecule has 6 heteroatoms. The molecule has 0 spiro atoms. The van der Waals surface area contributed by atoms with E-state index in [-0.39, 0.29) is 10.8 Å². The predicted octanol–water partition coefficient (Wildman–Crippen LogP) is 6.84. The Morgan fingerprint density at radius 1 is 0.889 bits per heavy atom. The summed E-state index contributed by atoms with van der Waals surface area (Å²) in [6, 6.07) is 20.1. The maximum Gasteiger partial charge on any atom is 0.343 e. The van der Waals surface area contributed by atoms with Crippen LogP contribution in [0.2, 0.25) is 18.1 Å². The van der Waals surface area contributed by atoms with Crippen molar-refractivity contribution in [3.8, 4) is 29.1 Å². The summed E-state index contributed by atoms with van der Waals surface area (Å²) in [5.74, 6) is 7.18. The summed E-state index contributed by atoms with van der Waals surface area (Å²) in [4.78, 5) is 13.0. The first-order chi connectivity index (χ1) is 17.0. The van der Waals surface area contributed by atoms with Crippen LogP contribution in [0.25, 0.3) is 0 Å². The predicted molar refractivity (Wildman–Crippen MR) is 145 cm³/mol. The first kappa shape index (κ1) is 27.1. The Kier molecular flexibility index (Phi) is 8.62. The Morgan fingerprint density at radius 2 is 1.56 bits per heavy atom. The van der Waals surface area contributed by atoms with E-state index in [1.807, 2.05) is 42.5 Å². The summed E-state index contributed by atoms with van der Waals surface area (Å²) < 4.78 is 23.1. The van der Waals surface area contributed by atoms with Crippen LogP contribution in [0.3, 0.4) is 0 Å². The van der Waals surface area contributed by atoms with Crippen molar-refractivity contribution in [2.75, 3.05) is 14.2 Å². The zero-order valence-electron chi connectivity index (χ0n) is 22.1. The topological polar surface area (TPSA) is 54.0 Å². The lowest BCUT2D eigenvalue weighted by atomic mass is 10.1. The number of methoxy groups -OCH3 is 2. The fourth-order valence-corrected chi connectivity index (χ4v) is 4.07. The third-order valence-corrected chi connectivity index (χ3v) is 10.9. The van der Waals surface area contributed by atoms with E-state index in [9.17, 15) is 4.79 Å². The Bertz CT molecular complexity index is 1250. The van der Waals surface area contributed by atoms with Gasteiger partial charge in [-0.2, -0.15) is 0 Å². The SMILES string of the molecule is COc1ccc(C(=O)Oc2c(C#Cc3ccccc3)cc(CO[Si](C)(C)C(C)(C)C)cc2OC)cc1. The molecule has 0 atom stereocenters. The molecule has 0 radical (unpaired) electrons. The van der Waals surface area contributed by atoms with Crippen molar-refractivity contribution in [2.24, 2.45) is 0 Å². The van der Waals surface area contributed by atoms with Crippen molar-refractivity contribution in [3.63, 3.8) is 0 Å². The van der Waals surface area contributed by atoms with Crippen molar-refractivity contribution >= 4 is 14.3 Å². The molecule has 0 saturated carbocycles. The fourth-order valence-electron chi connectivity index (χ4n) is 3.11. The Hall–Kier alpha value is -3.53. The van der Waals surface area contributed by atoms with Crippen molar-refractivity contribution < 1.29 is 23.4 Å². The van der Waals surface area contributed by atoms with Gasteiger partial charge in [0.15, 0.2) is 19.8 Å². The van der Waals surface area contributed by atoms with Gasteiger partial charge in [0, 0.05) is 5.56 Å². The molecule has 0 saturated heterocycles. The molecule has 0 aliphatic carbocycles. The van der Waals surface area contributed by atoms with Gasteiger partial charge < -0.3 is 18.6 Å². The first-order valence-corrected chi connectivity index (χ1v) is 14.7. The van der Waals surface area contributed by atoms with E-state index in [1.54, 1.807) is 38.5 Å². The number of carbonyl (C=O) groups is 1. The largest absolute Gasteiger partial charge is 0.497 e. The molecular formula is C30H34O5Si. The second kappa shape index (κ2) is 11.5. The molecule has 3 aromatic rings. The van der Waals surface area contributed by atoms with Crippen molar-refractivity contribution in [2.45, 2.75) is 45.5 Å². The van der Waals surface area contributed by atoms with Crippen LogP contribution in [0, 0.1) is 11.8 Å². The Morgan fingerprint density at radius 3 is 2.14 bits per heavy atom. The average molecular weight is 503 g/mol. The van der Waals surface area contributed by atoms with Gasteiger partial charge in [0.25, 0.3) is 0 Å². The smallest absolute Gasteiger partial charge is 0.343 e. The highest BCUT2D eigenvalue weighted by Crippen LogP contribution is 2.38. The molecule has 3 aromatic carbocycles. The van der Waals surface area contributed by atoms with E-state index in [1.165, 1.54) is 0 Å². The van der Waals surface area contributed by atoms with E-state index < -0.39 is 14.3 Å². The van der Waals surface area contributed by atoms with Gasteiger partial charge in [0.05, 0.1) is 32.0 Å². The van der Waals surface area contributed by atoms with Gasteiger partial charge in [0.2, 0.25) is 0 Å². The van der Waals surface area contributed by atoms with Crippen LogP contribution >= 0.6 is 0 Å². The second-order valence-electron chi connectivity index (χ2n) is 9.96. The molecule has 0 aromatic heterocycles. The van der Waals surface area contributed by atoms with Crippen LogP contribution in [-0.2, 0) is 11.0 Å². The van der Waals surface area contributed by atoms with Crippen LogP contribution in [0.4, 0.5) is 0 Å². The molecule has 0 unspecified atom stereocenters. The highest BCUT2D eigenvalue weighted by molar-refractivity contribution is 6.74. The summed E-state index contributed by atoms with van der Waals surface area (Å²) in [6.45, 7) is 11.5. The Labute approximate surface area is 215 Å². The van der Waals surface area contributed by atoms with Crippen LogP contribution in [0.1, 0.15) is 47.8 Å². The third kappa shape index (κ3) is 6.78. The van der Waals surface area contributed by atoms with Gasteiger partial charge in [-0.3, -0.25) is 0 Å². The Balaban J connectivity index is 2.00. The number of carbonyl (C=O) groups excluding carboxylic acids is 1. The number of rotatable bonds is 7. The zero-order chi connectivity index (χ0) is 26.3. The van der Waals surface area contributed by atoms with E-state index in [0.717, 1.165) is 11.1 Å². The normalized spacial score (nSPS) is 11.3. The van der Waals surface area contributed by atoms with Crippen LogP contribution < -0.4 is 14.2 Å². The lowest BCUT2D eigenvalue weighted by molar-refractivity contribution is 0.0729. The number of hydrogen-bond donors (Lipinski definition) is 0. The molecule has 0 amide bonds. The molecular weight excluding hydrogens is 468 g/mol. The molecule has 3 rings (SSSR count). The molecule has 0 fully saturated rings. The van der Waals surface area contributed by atoms with Gasteiger partial charge in [-0.05, 0) is 72.2 Å². The van der Waals surface area contributed by atoms with Gasteiger partial charge in [-0.1, -0.05) is 50.8 Å². The minimum Gasteiger partial charge on any atom is -0.497 e. The monoisotopic (exact) mass is 502 g/mol. The summed E-state index contributed by atoms with van der Waals surface area (Å²) in [6.07, 6.45) is 0. The van der Waals surface area contributed by atoms with Gasteiger partial charge in [-0.15, -0.1) is 0 Å². The van der Waals surface area contributed by atoms with E-state index in [0.29, 0.717) is 29.2 Å². The summed E-state index contributed by atoms with van der Waals surface area (Å²) >= 11 is 0. The number of hydrogen-bond acceptors (Lipinski definition) is 5. The minimum atomic E-state index is -1.97. The first-order valence-electron chi connectivity index (χ1n) is 11.8. The average Bonchev–Trinajstić information content (AvgIpc) is 2.86. The number of ether oxygens (including phenoxy) is 3. The number of benzene rings is 3. The number of esters is 1. The molecule has 0 bridgehead atoms. The summed E-state index contributed by atoms with van der Waals surface area (Å²) in [5.41, 5.74) is 2.70. The lowest BCUT2D eigenvalue weighted by Crippen LogP contribution is -2.40. The molecule has 36 heavy (non-hydrogen) atoms. The van der Waals surface area contributed by atoms with E-state index in [2.05, 4.69) is 45.7 Å². The quantitative estimate of drug-likeness (QED) is 0.153.